The summed E-state index contributed by atoms with van der Waals surface area (Å²) in [7, 11) is 1.70. The van der Waals surface area contributed by atoms with Crippen molar-refractivity contribution in [3.8, 4) is 6.07 Å². The van der Waals surface area contributed by atoms with Crippen LogP contribution in [0.25, 0.3) is 10.9 Å². The van der Waals surface area contributed by atoms with E-state index in [1.165, 1.54) is 0 Å². The Hall–Kier alpha value is -3.47. The van der Waals surface area contributed by atoms with Crippen LogP contribution in [0.2, 0.25) is 0 Å². The Morgan fingerprint density at radius 2 is 1.91 bits per heavy atom. The van der Waals surface area contributed by atoms with Crippen molar-refractivity contribution in [3.63, 3.8) is 0 Å². The van der Waals surface area contributed by atoms with Crippen LogP contribution in [0.5, 0.6) is 0 Å². The van der Waals surface area contributed by atoms with E-state index in [1.54, 1.807) is 31.4 Å². The fourth-order valence-electron chi connectivity index (χ4n) is 5.21. The predicted molar refractivity (Wildman–Crippen MR) is 129 cm³/mol. The molecule has 0 radical (unpaired) electrons. The Morgan fingerprint density at radius 1 is 1.15 bits per heavy atom. The van der Waals surface area contributed by atoms with Gasteiger partial charge in [-0.1, -0.05) is 19.9 Å². The second-order valence-electron chi connectivity index (χ2n) is 9.59. The summed E-state index contributed by atoms with van der Waals surface area (Å²) in [6, 6.07) is 13.0. The third-order valence-electron chi connectivity index (χ3n) is 7.24. The molecule has 1 aromatic heterocycles. The molecule has 0 spiro atoms. The lowest BCUT2D eigenvalue weighted by Gasteiger charge is -2.35. The van der Waals surface area contributed by atoms with E-state index in [1.807, 2.05) is 17.0 Å². The lowest BCUT2D eigenvalue weighted by molar-refractivity contribution is 0.0593. The van der Waals surface area contributed by atoms with Crippen LogP contribution >= 0.6 is 0 Å². The minimum Gasteiger partial charge on any atom is -0.383 e. The summed E-state index contributed by atoms with van der Waals surface area (Å²) in [6.07, 6.45) is 0. The van der Waals surface area contributed by atoms with Crippen molar-refractivity contribution < 1.29 is 14.3 Å². The molecule has 1 N–H and O–H groups in total. The van der Waals surface area contributed by atoms with E-state index in [0.29, 0.717) is 42.0 Å². The number of aromatic nitrogens is 1. The number of piperazine rings is 1. The first-order valence-corrected chi connectivity index (χ1v) is 11.6. The van der Waals surface area contributed by atoms with E-state index in [0.717, 1.165) is 41.8 Å². The predicted octanol–water partition coefficient (Wildman–Crippen LogP) is 3.31. The Balaban J connectivity index is 1.47. The lowest BCUT2D eigenvalue weighted by Crippen LogP contribution is -2.49. The number of aromatic amines is 1. The van der Waals surface area contributed by atoms with Crippen LogP contribution in [-0.2, 0) is 10.2 Å². The largest absolute Gasteiger partial charge is 0.383 e. The first kappa shape index (κ1) is 22.3. The molecular formula is C27H28N4O3. The number of H-pyrrole nitrogens is 1. The number of rotatable bonds is 4. The Kier molecular flexibility index (Phi) is 5.51. The van der Waals surface area contributed by atoms with E-state index in [2.05, 4.69) is 29.8 Å². The first-order chi connectivity index (χ1) is 16.3. The highest BCUT2D eigenvalue weighted by molar-refractivity contribution is 6.20. The van der Waals surface area contributed by atoms with Crippen molar-refractivity contribution in [2.24, 2.45) is 0 Å². The van der Waals surface area contributed by atoms with Crippen molar-refractivity contribution >= 4 is 22.6 Å². The van der Waals surface area contributed by atoms with Gasteiger partial charge in [0.1, 0.15) is 0 Å². The molecule has 1 saturated heterocycles. The zero-order chi connectivity index (χ0) is 24.0. The van der Waals surface area contributed by atoms with Gasteiger partial charge in [0, 0.05) is 73.0 Å². The van der Waals surface area contributed by atoms with Crippen molar-refractivity contribution in [2.45, 2.75) is 19.3 Å². The van der Waals surface area contributed by atoms with Gasteiger partial charge < -0.3 is 14.6 Å². The Labute approximate surface area is 198 Å². The van der Waals surface area contributed by atoms with Crippen LogP contribution in [-0.4, -0.2) is 72.9 Å². The van der Waals surface area contributed by atoms with Crippen LogP contribution in [0.3, 0.4) is 0 Å². The van der Waals surface area contributed by atoms with Crippen LogP contribution in [0, 0.1) is 11.3 Å². The quantitative estimate of drug-likeness (QED) is 0.651. The van der Waals surface area contributed by atoms with Crippen molar-refractivity contribution in [1.29, 1.82) is 5.26 Å². The van der Waals surface area contributed by atoms with Crippen molar-refractivity contribution in [2.75, 3.05) is 46.4 Å². The summed E-state index contributed by atoms with van der Waals surface area (Å²) in [6.45, 7) is 8.71. The maximum atomic E-state index is 13.5. The number of hydrogen-bond donors (Lipinski definition) is 1. The number of ketones is 1. The highest BCUT2D eigenvalue weighted by Crippen LogP contribution is 2.44. The molecule has 0 saturated carbocycles. The van der Waals surface area contributed by atoms with Gasteiger partial charge >= 0.3 is 0 Å². The zero-order valence-corrected chi connectivity index (χ0v) is 19.8. The molecule has 7 nitrogen and oxygen atoms in total. The van der Waals surface area contributed by atoms with Crippen LogP contribution in [0.15, 0.2) is 36.4 Å². The minimum atomic E-state index is -0.500. The molecular weight excluding hydrogens is 428 g/mol. The van der Waals surface area contributed by atoms with E-state index in [-0.39, 0.29) is 11.7 Å². The molecule has 5 rings (SSSR count). The molecule has 34 heavy (non-hydrogen) atoms. The Morgan fingerprint density at radius 3 is 2.62 bits per heavy atom. The molecule has 174 valence electrons. The van der Waals surface area contributed by atoms with E-state index in [4.69, 9.17) is 4.74 Å². The molecule has 0 unspecified atom stereocenters. The number of amides is 1. The summed E-state index contributed by atoms with van der Waals surface area (Å²) in [5, 5.41) is 10.1. The molecule has 2 heterocycles. The van der Waals surface area contributed by atoms with Gasteiger partial charge in [0.25, 0.3) is 5.91 Å². The van der Waals surface area contributed by atoms with Gasteiger partial charge in [-0.15, -0.1) is 0 Å². The number of fused-ring (bicyclic) bond motifs is 4. The number of nitrogens with one attached hydrogen (secondary N) is 1. The van der Waals surface area contributed by atoms with Gasteiger partial charge in [-0.25, -0.2) is 0 Å². The SMILES string of the molecule is COCCN1CCN(C(=O)c2ccc3c(c2)C(C)(C)c2[nH]c4cc(C#N)ccc4c2C3=O)CC1. The average Bonchev–Trinajstić information content (AvgIpc) is 3.26. The van der Waals surface area contributed by atoms with Gasteiger partial charge in [-0.05, 0) is 35.9 Å². The molecule has 1 aliphatic carbocycles. The first-order valence-electron chi connectivity index (χ1n) is 11.6. The van der Waals surface area contributed by atoms with Crippen molar-refractivity contribution in [1.82, 2.24) is 14.8 Å². The summed E-state index contributed by atoms with van der Waals surface area (Å²) in [5.41, 5.74) is 4.39. The van der Waals surface area contributed by atoms with E-state index in [9.17, 15) is 14.9 Å². The summed E-state index contributed by atoms with van der Waals surface area (Å²) < 4.78 is 5.16. The summed E-state index contributed by atoms with van der Waals surface area (Å²) in [4.78, 5) is 34.4. The number of hydrogen-bond acceptors (Lipinski definition) is 5. The molecule has 0 atom stereocenters. The number of ether oxygens (including phenoxy) is 1. The standard InChI is InChI=1S/C27H28N4O3/c1-27(2)21-15-18(26(33)31-10-8-30(9-11-31)12-13-34-3)5-7-19(21)24(32)23-20-6-4-17(16-28)14-22(20)29-25(23)27/h4-7,14-15,29H,8-13H2,1-3H3. The summed E-state index contributed by atoms with van der Waals surface area (Å²) in [5.74, 6) is -0.0513. The van der Waals surface area contributed by atoms with Gasteiger partial charge in [-0.3, -0.25) is 14.5 Å². The number of benzene rings is 2. The number of nitrogens with zero attached hydrogens (tertiary/aromatic N) is 3. The monoisotopic (exact) mass is 456 g/mol. The van der Waals surface area contributed by atoms with Gasteiger partial charge in [0.15, 0.2) is 5.78 Å². The smallest absolute Gasteiger partial charge is 0.253 e. The fourth-order valence-corrected chi connectivity index (χ4v) is 5.21. The number of carbonyl (C=O) groups excluding carboxylic acids is 2. The second-order valence-corrected chi connectivity index (χ2v) is 9.59. The van der Waals surface area contributed by atoms with Crippen LogP contribution in [0.1, 0.15) is 56.9 Å². The van der Waals surface area contributed by atoms with Gasteiger partial charge in [0.05, 0.1) is 23.8 Å². The third kappa shape index (κ3) is 3.51. The van der Waals surface area contributed by atoms with Gasteiger partial charge in [-0.2, -0.15) is 5.26 Å². The van der Waals surface area contributed by atoms with Crippen LogP contribution in [0.4, 0.5) is 0 Å². The third-order valence-corrected chi connectivity index (χ3v) is 7.24. The van der Waals surface area contributed by atoms with E-state index >= 15 is 0 Å². The molecule has 2 aromatic carbocycles. The maximum absolute atomic E-state index is 13.5. The zero-order valence-electron chi connectivity index (χ0n) is 19.8. The number of carbonyl (C=O) groups is 2. The molecule has 1 aliphatic heterocycles. The molecule has 1 fully saturated rings. The second kappa shape index (κ2) is 8.39. The molecule has 7 heteroatoms. The maximum Gasteiger partial charge on any atom is 0.253 e. The molecule has 0 bridgehead atoms. The Bertz CT molecular complexity index is 1340. The number of nitriles is 1. The van der Waals surface area contributed by atoms with Crippen molar-refractivity contribution in [3.05, 3.63) is 69.9 Å². The summed E-state index contributed by atoms with van der Waals surface area (Å²) >= 11 is 0. The molecule has 3 aromatic rings. The highest BCUT2D eigenvalue weighted by atomic mass is 16.5. The average molecular weight is 457 g/mol. The number of methoxy groups -OCH3 is 1. The van der Waals surface area contributed by atoms with Gasteiger partial charge in [0.2, 0.25) is 0 Å². The van der Waals surface area contributed by atoms with E-state index < -0.39 is 5.41 Å². The minimum absolute atomic E-state index is 0.00135. The molecule has 1 amide bonds. The normalized spacial score (nSPS) is 17.4. The fraction of sp³-hybridized carbons (Fsp3) is 0.370. The topological polar surface area (TPSA) is 89.4 Å². The molecule has 2 aliphatic rings. The van der Waals surface area contributed by atoms with Crippen LogP contribution < -0.4 is 0 Å². The lowest BCUT2D eigenvalue weighted by atomic mass is 9.71. The highest BCUT2D eigenvalue weighted by Gasteiger charge is 2.40.